The van der Waals surface area contributed by atoms with Crippen LogP contribution in [-0.4, -0.2) is 42.4 Å². The van der Waals surface area contributed by atoms with E-state index in [1.807, 2.05) is 0 Å². The SMILES string of the molecule is CC(O)CN(C)C(=O)c1cc2c(cc1N)OCO2. The predicted octanol–water partition coefficient (Wildman–Crippen LogP) is 0.450. The fraction of sp³-hybridized carbons (Fsp3) is 0.417. The molecule has 1 atom stereocenters. The maximum absolute atomic E-state index is 12.1. The van der Waals surface area contributed by atoms with Crippen LogP contribution in [0, 0.1) is 0 Å². The van der Waals surface area contributed by atoms with Crippen LogP contribution in [-0.2, 0) is 0 Å². The normalized spacial score (nSPS) is 14.4. The molecule has 18 heavy (non-hydrogen) atoms. The van der Waals surface area contributed by atoms with E-state index < -0.39 is 6.10 Å². The molecular weight excluding hydrogens is 236 g/mol. The summed E-state index contributed by atoms with van der Waals surface area (Å²) in [5.41, 5.74) is 6.50. The Bertz CT molecular complexity index is 473. The van der Waals surface area contributed by atoms with Crippen molar-refractivity contribution >= 4 is 11.6 Å². The summed E-state index contributed by atoms with van der Waals surface area (Å²) in [6.45, 7) is 2.00. The van der Waals surface area contributed by atoms with Gasteiger partial charge in [0.15, 0.2) is 11.5 Å². The number of aliphatic hydroxyl groups is 1. The highest BCUT2D eigenvalue weighted by molar-refractivity contribution is 6.00. The molecular formula is C12H16N2O4. The Kier molecular flexibility index (Phi) is 3.29. The first-order valence-electron chi connectivity index (χ1n) is 5.61. The standard InChI is InChI=1S/C12H16N2O4/c1-7(15)5-14(2)12(16)8-3-10-11(4-9(8)13)18-6-17-10/h3-4,7,15H,5-6,13H2,1-2H3. The van der Waals surface area contributed by atoms with Crippen molar-refractivity contribution in [2.24, 2.45) is 0 Å². The topological polar surface area (TPSA) is 85.0 Å². The highest BCUT2D eigenvalue weighted by Crippen LogP contribution is 2.36. The van der Waals surface area contributed by atoms with Gasteiger partial charge in [0.1, 0.15) is 0 Å². The molecule has 1 aromatic rings. The van der Waals surface area contributed by atoms with E-state index in [-0.39, 0.29) is 19.2 Å². The van der Waals surface area contributed by atoms with E-state index in [4.69, 9.17) is 15.2 Å². The predicted molar refractivity (Wildman–Crippen MR) is 65.6 cm³/mol. The number of nitrogen functional groups attached to an aromatic ring is 1. The number of rotatable bonds is 3. The molecule has 0 bridgehead atoms. The Labute approximate surface area is 105 Å². The number of amides is 1. The molecule has 2 rings (SSSR count). The van der Waals surface area contributed by atoms with Gasteiger partial charge in [-0.15, -0.1) is 0 Å². The van der Waals surface area contributed by atoms with Crippen LogP contribution >= 0.6 is 0 Å². The van der Waals surface area contributed by atoms with Gasteiger partial charge in [-0.2, -0.15) is 0 Å². The number of benzene rings is 1. The number of anilines is 1. The van der Waals surface area contributed by atoms with E-state index in [0.717, 1.165) is 0 Å². The molecule has 0 radical (unpaired) electrons. The quantitative estimate of drug-likeness (QED) is 0.763. The van der Waals surface area contributed by atoms with Crippen LogP contribution in [0.1, 0.15) is 17.3 Å². The molecule has 0 fully saturated rings. The third-order valence-electron chi connectivity index (χ3n) is 2.66. The molecule has 6 heteroatoms. The Hall–Kier alpha value is -1.95. The number of fused-ring (bicyclic) bond motifs is 1. The summed E-state index contributed by atoms with van der Waals surface area (Å²) in [6.07, 6.45) is -0.589. The fourth-order valence-corrected chi connectivity index (χ4v) is 1.83. The molecule has 1 amide bonds. The molecule has 6 nitrogen and oxygen atoms in total. The summed E-state index contributed by atoms with van der Waals surface area (Å²) in [4.78, 5) is 13.6. The summed E-state index contributed by atoms with van der Waals surface area (Å²) < 4.78 is 10.4. The molecule has 0 aromatic heterocycles. The second kappa shape index (κ2) is 4.73. The van der Waals surface area contributed by atoms with Crippen molar-refractivity contribution in [1.82, 2.24) is 4.90 Å². The van der Waals surface area contributed by atoms with E-state index in [9.17, 15) is 9.90 Å². The number of ether oxygens (including phenoxy) is 2. The van der Waals surface area contributed by atoms with Crippen LogP contribution in [0.3, 0.4) is 0 Å². The first-order chi connectivity index (χ1) is 8.49. The molecule has 0 spiro atoms. The number of hydrogen-bond acceptors (Lipinski definition) is 5. The zero-order chi connectivity index (χ0) is 13.3. The van der Waals surface area contributed by atoms with E-state index in [2.05, 4.69) is 0 Å². The number of nitrogens with zero attached hydrogens (tertiary/aromatic N) is 1. The summed E-state index contributed by atoms with van der Waals surface area (Å²) in [7, 11) is 1.61. The van der Waals surface area contributed by atoms with Crippen LogP contribution in [0.4, 0.5) is 5.69 Å². The number of aliphatic hydroxyl groups excluding tert-OH is 1. The van der Waals surface area contributed by atoms with E-state index >= 15 is 0 Å². The van der Waals surface area contributed by atoms with Gasteiger partial charge in [-0.25, -0.2) is 0 Å². The van der Waals surface area contributed by atoms with Gasteiger partial charge in [0.05, 0.1) is 11.7 Å². The maximum Gasteiger partial charge on any atom is 0.255 e. The lowest BCUT2D eigenvalue weighted by molar-refractivity contribution is 0.0704. The lowest BCUT2D eigenvalue weighted by Gasteiger charge is -2.19. The minimum Gasteiger partial charge on any atom is -0.454 e. The van der Waals surface area contributed by atoms with Crippen molar-refractivity contribution in [3.05, 3.63) is 17.7 Å². The number of nitrogens with two attached hydrogens (primary N) is 1. The third-order valence-corrected chi connectivity index (χ3v) is 2.66. The summed E-state index contributed by atoms with van der Waals surface area (Å²) in [6, 6.07) is 3.14. The van der Waals surface area contributed by atoms with Gasteiger partial charge in [0.2, 0.25) is 6.79 Å². The molecule has 3 N–H and O–H groups in total. The van der Waals surface area contributed by atoms with Crippen molar-refractivity contribution in [2.75, 3.05) is 26.1 Å². The second-order valence-electron chi connectivity index (χ2n) is 4.33. The third kappa shape index (κ3) is 2.33. The van der Waals surface area contributed by atoms with Crippen LogP contribution in [0.2, 0.25) is 0 Å². The molecule has 0 saturated heterocycles. The highest BCUT2D eigenvalue weighted by atomic mass is 16.7. The van der Waals surface area contributed by atoms with Gasteiger partial charge in [-0.1, -0.05) is 0 Å². The largest absolute Gasteiger partial charge is 0.454 e. The minimum absolute atomic E-state index is 0.135. The van der Waals surface area contributed by atoms with Crippen LogP contribution in [0.25, 0.3) is 0 Å². The van der Waals surface area contributed by atoms with E-state index in [1.165, 1.54) is 4.90 Å². The van der Waals surface area contributed by atoms with Gasteiger partial charge in [-0.3, -0.25) is 4.79 Å². The Morgan fingerprint density at radius 1 is 1.50 bits per heavy atom. The van der Waals surface area contributed by atoms with E-state index in [0.29, 0.717) is 22.7 Å². The van der Waals surface area contributed by atoms with Gasteiger partial charge >= 0.3 is 0 Å². The molecule has 1 aromatic carbocycles. The summed E-state index contributed by atoms with van der Waals surface area (Å²) in [5.74, 6) is 0.798. The molecule has 98 valence electrons. The Balaban J connectivity index is 2.25. The lowest BCUT2D eigenvalue weighted by atomic mass is 10.1. The van der Waals surface area contributed by atoms with Crippen molar-refractivity contribution in [2.45, 2.75) is 13.0 Å². The highest BCUT2D eigenvalue weighted by Gasteiger charge is 2.22. The van der Waals surface area contributed by atoms with Gasteiger partial charge in [-0.05, 0) is 13.0 Å². The summed E-state index contributed by atoms with van der Waals surface area (Å²) >= 11 is 0. The average Bonchev–Trinajstić information content (AvgIpc) is 2.72. The average molecular weight is 252 g/mol. The Morgan fingerprint density at radius 3 is 2.72 bits per heavy atom. The molecule has 1 aliphatic heterocycles. The van der Waals surface area contributed by atoms with E-state index in [1.54, 1.807) is 26.1 Å². The maximum atomic E-state index is 12.1. The fourth-order valence-electron chi connectivity index (χ4n) is 1.83. The molecule has 1 heterocycles. The molecule has 1 unspecified atom stereocenters. The van der Waals surface area contributed by atoms with Crippen molar-refractivity contribution in [3.63, 3.8) is 0 Å². The van der Waals surface area contributed by atoms with Crippen LogP contribution < -0.4 is 15.2 Å². The van der Waals surface area contributed by atoms with Crippen molar-refractivity contribution in [3.8, 4) is 11.5 Å². The molecule has 0 aliphatic carbocycles. The van der Waals surface area contributed by atoms with Gasteiger partial charge in [0, 0.05) is 25.3 Å². The lowest BCUT2D eigenvalue weighted by Crippen LogP contribution is -2.33. The van der Waals surface area contributed by atoms with Crippen molar-refractivity contribution < 1.29 is 19.4 Å². The summed E-state index contributed by atoms with van der Waals surface area (Å²) in [5, 5.41) is 9.27. The van der Waals surface area contributed by atoms with Crippen LogP contribution in [0.5, 0.6) is 11.5 Å². The van der Waals surface area contributed by atoms with Gasteiger partial charge < -0.3 is 25.2 Å². The Morgan fingerprint density at radius 2 is 2.11 bits per heavy atom. The smallest absolute Gasteiger partial charge is 0.255 e. The second-order valence-corrected chi connectivity index (χ2v) is 4.33. The number of hydrogen-bond donors (Lipinski definition) is 2. The zero-order valence-corrected chi connectivity index (χ0v) is 10.3. The van der Waals surface area contributed by atoms with Crippen molar-refractivity contribution in [1.29, 1.82) is 0 Å². The van der Waals surface area contributed by atoms with Crippen LogP contribution in [0.15, 0.2) is 12.1 Å². The number of carbonyl (C=O) groups is 1. The minimum atomic E-state index is -0.589. The number of likely N-dealkylation sites (N-methyl/N-ethyl adjacent to an activating group) is 1. The first kappa shape index (κ1) is 12.5. The number of carbonyl (C=O) groups excluding carboxylic acids is 1. The first-order valence-corrected chi connectivity index (χ1v) is 5.61. The van der Waals surface area contributed by atoms with Gasteiger partial charge in [0.25, 0.3) is 5.91 Å². The molecule has 0 saturated carbocycles. The zero-order valence-electron chi connectivity index (χ0n) is 10.3. The molecule has 1 aliphatic rings. The monoisotopic (exact) mass is 252 g/mol.